The Morgan fingerprint density at radius 2 is 1.91 bits per heavy atom. The molecule has 1 heterocycles. The third kappa shape index (κ3) is 4.45. The molecule has 1 aliphatic heterocycles. The van der Waals surface area contributed by atoms with Gasteiger partial charge in [-0.05, 0) is 12.1 Å². The van der Waals surface area contributed by atoms with Crippen molar-refractivity contribution in [2.45, 2.75) is 19.4 Å². The van der Waals surface area contributed by atoms with E-state index in [1.54, 1.807) is 4.90 Å². The SMILES string of the molecule is CC(=O)N1CCN(C(=O)CCOc2ccccc2)CC1C(N)=O. The first-order valence-corrected chi connectivity index (χ1v) is 7.51. The fourth-order valence-corrected chi connectivity index (χ4v) is 2.56. The second kappa shape index (κ2) is 7.62. The summed E-state index contributed by atoms with van der Waals surface area (Å²) in [6.45, 7) is 2.50. The predicted molar refractivity (Wildman–Crippen MR) is 83.5 cm³/mol. The Hall–Kier alpha value is -2.57. The quantitative estimate of drug-likeness (QED) is 0.827. The Balaban J connectivity index is 1.85. The number of benzene rings is 1. The molecule has 1 atom stereocenters. The Morgan fingerprint density at radius 3 is 2.52 bits per heavy atom. The molecule has 0 aliphatic carbocycles. The van der Waals surface area contributed by atoms with Gasteiger partial charge < -0.3 is 20.3 Å². The van der Waals surface area contributed by atoms with E-state index in [4.69, 9.17) is 10.5 Å². The number of carbonyl (C=O) groups is 3. The van der Waals surface area contributed by atoms with E-state index in [0.717, 1.165) is 0 Å². The summed E-state index contributed by atoms with van der Waals surface area (Å²) in [4.78, 5) is 38.2. The van der Waals surface area contributed by atoms with Gasteiger partial charge in [0.25, 0.3) is 0 Å². The smallest absolute Gasteiger partial charge is 0.242 e. The molecule has 2 rings (SSSR count). The van der Waals surface area contributed by atoms with Crippen molar-refractivity contribution >= 4 is 17.7 Å². The van der Waals surface area contributed by atoms with Crippen molar-refractivity contribution in [1.82, 2.24) is 9.80 Å². The van der Waals surface area contributed by atoms with Gasteiger partial charge in [-0.3, -0.25) is 14.4 Å². The van der Waals surface area contributed by atoms with Crippen LogP contribution in [-0.2, 0) is 14.4 Å². The molecule has 1 saturated heterocycles. The summed E-state index contributed by atoms with van der Waals surface area (Å²) in [6, 6.07) is 8.47. The van der Waals surface area contributed by atoms with Gasteiger partial charge in [0.2, 0.25) is 17.7 Å². The topological polar surface area (TPSA) is 92.9 Å². The zero-order valence-electron chi connectivity index (χ0n) is 13.1. The summed E-state index contributed by atoms with van der Waals surface area (Å²) >= 11 is 0. The lowest BCUT2D eigenvalue weighted by atomic mass is 10.1. The number of rotatable bonds is 5. The van der Waals surface area contributed by atoms with E-state index in [9.17, 15) is 14.4 Å². The van der Waals surface area contributed by atoms with Crippen LogP contribution in [0.3, 0.4) is 0 Å². The van der Waals surface area contributed by atoms with Crippen LogP contribution in [0.5, 0.6) is 5.75 Å². The lowest BCUT2D eigenvalue weighted by Crippen LogP contribution is -2.60. The molecule has 0 bridgehead atoms. The van der Waals surface area contributed by atoms with Gasteiger partial charge in [-0.25, -0.2) is 0 Å². The van der Waals surface area contributed by atoms with Crippen LogP contribution in [0, 0.1) is 0 Å². The number of hydrogen-bond acceptors (Lipinski definition) is 4. The number of para-hydroxylation sites is 1. The minimum Gasteiger partial charge on any atom is -0.493 e. The molecule has 1 unspecified atom stereocenters. The van der Waals surface area contributed by atoms with Crippen LogP contribution in [0.25, 0.3) is 0 Å². The molecule has 0 radical (unpaired) electrons. The molecule has 1 fully saturated rings. The molecule has 2 N–H and O–H groups in total. The molecular formula is C16H21N3O4. The van der Waals surface area contributed by atoms with E-state index in [1.807, 2.05) is 30.3 Å². The van der Waals surface area contributed by atoms with Crippen LogP contribution in [-0.4, -0.2) is 59.8 Å². The molecule has 1 aromatic carbocycles. The number of carbonyl (C=O) groups excluding carboxylic acids is 3. The lowest BCUT2D eigenvalue weighted by Gasteiger charge is -2.39. The second-order valence-corrected chi connectivity index (χ2v) is 5.38. The van der Waals surface area contributed by atoms with Crippen molar-refractivity contribution < 1.29 is 19.1 Å². The minimum atomic E-state index is -0.764. The molecular weight excluding hydrogens is 298 g/mol. The molecule has 3 amide bonds. The van der Waals surface area contributed by atoms with Crippen LogP contribution in [0.2, 0.25) is 0 Å². The van der Waals surface area contributed by atoms with Crippen molar-refractivity contribution in [2.75, 3.05) is 26.2 Å². The van der Waals surface area contributed by atoms with Gasteiger partial charge in [-0.2, -0.15) is 0 Å². The summed E-state index contributed by atoms with van der Waals surface area (Å²) in [7, 11) is 0. The van der Waals surface area contributed by atoms with Gasteiger partial charge in [0.1, 0.15) is 11.8 Å². The van der Waals surface area contributed by atoms with Gasteiger partial charge in [-0.15, -0.1) is 0 Å². The Labute approximate surface area is 135 Å². The molecule has 1 aromatic rings. The molecule has 0 saturated carbocycles. The Kier molecular flexibility index (Phi) is 5.56. The van der Waals surface area contributed by atoms with E-state index < -0.39 is 11.9 Å². The molecule has 0 spiro atoms. The third-order valence-electron chi connectivity index (χ3n) is 3.79. The van der Waals surface area contributed by atoms with Crippen molar-refractivity contribution in [3.05, 3.63) is 30.3 Å². The lowest BCUT2D eigenvalue weighted by molar-refractivity contribution is -0.146. The first-order chi connectivity index (χ1) is 11.0. The summed E-state index contributed by atoms with van der Waals surface area (Å²) in [5.41, 5.74) is 5.34. The number of amides is 3. The normalized spacial score (nSPS) is 17.7. The maximum atomic E-state index is 12.2. The highest BCUT2D eigenvalue weighted by atomic mass is 16.5. The summed E-state index contributed by atoms with van der Waals surface area (Å²) < 4.78 is 5.50. The van der Waals surface area contributed by atoms with Gasteiger partial charge in [-0.1, -0.05) is 18.2 Å². The first-order valence-electron chi connectivity index (χ1n) is 7.51. The summed E-state index contributed by atoms with van der Waals surface area (Å²) in [5, 5.41) is 0. The monoisotopic (exact) mass is 319 g/mol. The van der Waals surface area contributed by atoms with Gasteiger partial charge in [0.05, 0.1) is 19.6 Å². The number of nitrogens with two attached hydrogens (primary N) is 1. The molecule has 0 aromatic heterocycles. The van der Waals surface area contributed by atoms with Crippen molar-refractivity contribution in [3.63, 3.8) is 0 Å². The number of ether oxygens (including phenoxy) is 1. The molecule has 1 aliphatic rings. The van der Waals surface area contributed by atoms with E-state index in [2.05, 4.69) is 0 Å². The van der Waals surface area contributed by atoms with Crippen LogP contribution >= 0.6 is 0 Å². The largest absolute Gasteiger partial charge is 0.493 e. The highest BCUT2D eigenvalue weighted by molar-refractivity contribution is 5.87. The third-order valence-corrected chi connectivity index (χ3v) is 3.79. The highest BCUT2D eigenvalue weighted by Gasteiger charge is 2.34. The maximum absolute atomic E-state index is 12.2. The zero-order valence-corrected chi connectivity index (χ0v) is 13.1. The standard InChI is InChI=1S/C16H21N3O4/c1-12(20)19-9-8-18(11-14(19)16(17)22)15(21)7-10-23-13-5-3-2-4-6-13/h2-6,14H,7-11H2,1H3,(H2,17,22). The van der Waals surface area contributed by atoms with E-state index in [-0.39, 0.29) is 31.4 Å². The average molecular weight is 319 g/mol. The first kappa shape index (κ1) is 16.8. The number of piperazine rings is 1. The summed E-state index contributed by atoms with van der Waals surface area (Å²) in [6.07, 6.45) is 0.209. The molecule has 124 valence electrons. The Bertz CT molecular complexity index is 576. The van der Waals surface area contributed by atoms with Gasteiger partial charge in [0.15, 0.2) is 0 Å². The van der Waals surface area contributed by atoms with Gasteiger partial charge in [0, 0.05) is 20.0 Å². The Morgan fingerprint density at radius 1 is 1.22 bits per heavy atom. The number of nitrogens with zero attached hydrogens (tertiary/aromatic N) is 2. The average Bonchev–Trinajstić information content (AvgIpc) is 2.55. The van der Waals surface area contributed by atoms with Crippen LogP contribution in [0.1, 0.15) is 13.3 Å². The zero-order chi connectivity index (χ0) is 16.8. The predicted octanol–water partition coefficient (Wildman–Crippen LogP) is 0.000100. The van der Waals surface area contributed by atoms with Crippen molar-refractivity contribution in [2.24, 2.45) is 5.73 Å². The second-order valence-electron chi connectivity index (χ2n) is 5.38. The van der Waals surface area contributed by atoms with E-state index in [1.165, 1.54) is 11.8 Å². The van der Waals surface area contributed by atoms with Crippen molar-refractivity contribution in [1.29, 1.82) is 0 Å². The van der Waals surface area contributed by atoms with E-state index in [0.29, 0.717) is 18.8 Å². The molecule has 7 heteroatoms. The van der Waals surface area contributed by atoms with Crippen LogP contribution < -0.4 is 10.5 Å². The van der Waals surface area contributed by atoms with Crippen LogP contribution in [0.4, 0.5) is 0 Å². The molecule has 7 nitrogen and oxygen atoms in total. The fourth-order valence-electron chi connectivity index (χ4n) is 2.56. The van der Waals surface area contributed by atoms with Gasteiger partial charge >= 0.3 is 0 Å². The van der Waals surface area contributed by atoms with E-state index >= 15 is 0 Å². The number of primary amides is 1. The van der Waals surface area contributed by atoms with Crippen molar-refractivity contribution in [3.8, 4) is 5.75 Å². The fraction of sp³-hybridized carbons (Fsp3) is 0.438. The number of hydrogen-bond donors (Lipinski definition) is 1. The minimum absolute atomic E-state index is 0.115. The highest BCUT2D eigenvalue weighted by Crippen LogP contribution is 2.12. The van der Waals surface area contributed by atoms with Crippen LogP contribution in [0.15, 0.2) is 30.3 Å². The summed E-state index contributed by atoms with van der Waals surface area (Å²) in [5.74, 6) is -0.223. The maximum Gasteiger partial charge on any atom is 0.242 e. The molecule has 23 heavy (non-hydrogen) atoms.